The van der Waals surface area contributed by atoms with E-state index in [0.29, 0.717) is 11.1 Å². The molecule has 0 spiro atoms. The summed E-state index contributed by atoms with van der Waals surface area (Å²) >= 11 is 0. The lowest BCUT2D eigenvalue weighted by Gasteiger charge is -2.07. The summed E-state index contributed by atoms with van der Waals surface area (Å²) in [5.41, 5.74) is 0.632. The van der Waals surface area contributed by atoms with E-state index < -0.39 is 11.9 Å². The van der Waals surface area contributed by atoms with Crippen molar-refractivity contribution in [1.29, 1.82) is 0 Å². The van der Waals surface area contributed by atoms with Crippen LogP contribution in [0, 0.1) is 0 Å². The van der Waals surface area contributed by atoms with Crippen LogP contribution in [0.15, 0.2) is 37.5 Å². The molecule has 6 heteroatoms. The van der Waals surface area contributed by atoms with Gasteiger partial charge in [0.1, 0.15) is 13.2 Å². The van der Waals surface area contributed by atoms with E-state index in [-0.39, 0.29) is 23.0 Å². The number of hydrogen-bond acceptors (Lipinski definition) is 5. The highest BCUT2D eigenvalue weighted by molar-refractivity contribution is 6.27. The van der Waals surface area contributed by atoms with E-state index in [1.807, 2.05) is 0 Å². The molecule has 0 aromatic heterocycles. The molecule has 0 atom stereocenters. The predicted molar refractivity (Wildman–Crippen MR) is 91.3 cm³/mol. The molecule has 0 amide bonds. The van der Waals surface area contributed by atoms with Crippen LogP contribution in [0.3, 0.4) is 0 Å². The van der Waals surface area contributed by atoms with Crippen LogP contribution in [-0.4, -0.2) is 41.5 Å². The van der Waals surface area contributed by atoms with Gasteiger partial charge >= 0.3 is 11.9 Å². The summed E-state index contributed by atoms with van der Waals surface area (Å²) in [6, 6.07) is 1.42. The third-order valence-electron chi connectivity index (χ3n) is 2.32. The van der Waals surface area contributed by atoms with Crippen molar-refractivity contribution in [2.24, 2.45) is 0 Å². The monoisotopic (exact) mass is 328 g/mol. The van der Waals surface area contributed by atoms with Crippen LogP contribution in [0.5, 0.6) is 0 Å². The number of carbonyl (C=O) groups excluding carboxylic acids is 2. The maximum atomic E-state index is 10.8. The van der Waals surface area contributed by atoms with Crippen molar-refractivity contribution in [1.82, 2.24) is 0 Å². The van der Waals surface area contributed by atoms with Crippen LogP contribution in [0.1, 0.15) is 26.7 Å². The van der Waals surface area contributed by atoms with Crippen molar-refractivity contribution in [2.45, 2.75) is 32.7 Å². The van der Waals surface area contributed by atoms with Crippen LogP contribution in [0.25, 0.3) is 0 Å². The summed E-state index contributed by atoms with van der Waals surface area (Å²) in [6.45, 7) is 17.0. The fourth-order valence-electron chi connectivity index (χ4n) is 1.20. The van der Waals surface area contributed by atoms with Gasteiger partial charge in [-0.3, -0.25) is 0 Å². The van der Waals surface area contributed by atoms with Crippen LogP contribution in [-0.2, 0) is 23.5 Å². The van der Waals surface area contributed by atoms with E-state index in [2.05, 4.69) is 35.8 Å². The van der Waals surface area contributed by atoms with Crippen molar-refractivity contribution in [3.63, 3.8) is 0 Å². The third-order valence-corrected chi connectivity index (χ3v) is 3.69. The van der Waals surface area contributed by atoms with Gasteiger partial charge in [-0.2, -0.15) is 0 Å². The number of rotatable bonds is 5. The van der Waals surface area contributed by atoms with E-state index in [0.717, 1.165) is 6.61 Å². The number of carbonyl (C=O) groups is 2. The molecule has 0 aromatic rings. The molecule has 126 valence electrons. The van der Waals surface area contributed by atoms with Gasteiger partial charge in [-0.25, -0.2) is 9.59 Å². The molecule has 0 unspecified atom stereocenters. The first-order chi connectivity index (χ1) is 10.4. The zero-order valence-corrected chi connectivity index (χ0v) is 15.2. The second-order valence-corrected chi connectivity index (χ2v) is 6.03. The Kier molecular flexibility index (Phi) is 16.2. The molecule has 1 aliphatic heterocycles. The fraction of sp³-hybridized carbons (Fsp3) is 0.500. The molecule has 1 heterocycles. The highest BCUT2D eigenvalue weighted by Gasteiger charge is 2.05. The quantitative estimate of drug-likeness (QED) is 0.255. The highest BCUT2D eigenvalue weighted by atomic mass is 28.2. The molecule has 1 fully saturated rings. The molecule has 1 rings (SSSR count). The molecule has 0 saturated carbocycles. The lowest BCUT2D eigenvalue weighted by atomic mass is 10.4. The average Bonchev–Trinajstić information content (AvgIpc) is 2.55. The summed E-state index contributed by atoms with van der Waals surface area (Å²) < 4.78 is 14.6. The highest BCUT2D eigenvalue weighted by Crippen LogP contribution is 2.01. The average molecular weight is 328 g/mol. The molecular weight excluding hydrogens is 300 g/mol. The molecule has 0 radical (unpaired) electrons. The molecule has 1 aliphatic rings. The Hall–Kier alpha value is -1.66. The molecule has 1 saturated heterocycles. The van der Waals surface area contributed by atoms with Crippen LogP contribution < -0.4 is 0 Å². The fourth-order valence-corrected chi connectivity index (χ4v) is 2.37. The van der Waals surface area contributed by atoms with Gasteiger partial charge in [0, 0.05) is 17.8 Å². The second-order valence-electron chi connectivity index (χ2n) is 4.51. The summed E-state index contributed by atoms with van der Waals surface area (Å²) in [6.07, 6.45) is 2.75. The molecule has 0 bridgehead atoms. The Labute approximate surface area is 136 Å². The smallest absolute Gasteiger partial charge is 0.333 e. The number of esters is 2. The maximum absolute atomic E-state index is 10.8. The van der Waals surface area contributed by atoms with E-state index >= 15 is 0 Å². The summed E-state index contributed by atoms with van der Waals surface area (Å²) in [7, 11) is 0.00849. The predicted octanol–water partition coefficient (Wildman–Crippen LogP) is 2.33. The van der Waals surface area contributed by atoms with Gasteiger partial charge in [0.05, 0.1) is 0 Å². The number of ether oxygens (including phenoxy) is 2. The SMILES string of the molecule is C1CC[SiH2]OC1.C=C.C=C(C)C(=O)OCCOC(=O)C(=C)C. The van der Waals surface area contributed by atoms with E-state index in [9.17, 15) is 9.59 Å². The first-order valence-corrected chi connectivity index (χ1v) is 8.76. The Balaban J connectivity index is 0. The minimum Gasteiger partial charge on any atom is -0.459 e. The molecule has 22 heavy (non-hydrogen) atoms. The van der Waals surface area contributed by atoms with E-state index in [4.69, 9.17) is 4.43 Å². The zero-order valence-electron chi connectivity index (χ0n) is 13.8. The molecule has 0 aliphatic carbocycles. The van der Waals surface area contributed by atoms with Crippen molar-refractivity contribution in [3.05, 3.63) is 37.5 Å². The van der Waals surface area contributed by atoms with E-state index in [1.165, 1.54) is 18.9 Å². The lowest BCUT2D eigenvalue weighted by molar-refractivity contribution is -0.147. The third kappa shape index (κ3) is 14.7. The maximum Gasteiger partial charge on any atom is 0.333 e. The van der Waals surface area contributed by atoms with Gasteiger partial charge < -0.3 is 13.9 Å². The van der Waals surface area contributed by atoms with Crippen molar-refractivity contribution >= 4 is 21.7 Å². The van der Waals surface area contributed by atoms with Crippen molar-refractivity contribution in [2.75, 3.05) is 19.8 Å². The molecule has 5 nitrogen and oxygen atoms in total. The Morgan fingerprint density at radius 3 is 1.64 bits per heavy atom. The van der Waals surface area contributed by atoms with Gasteiger partial charge in [-0.1, -0.05) is 19.6 Å². The largest absolute Gasteiger partial charge is 0.459 e. The topological polar surface area (TPSA) is 61.8 Å². The van der Waals surface area contributed by atoms with Crippen molar-refractivity contribution < 1.29 is 23.5 Å². The summed E-state index contributed by atoms with van der Waals surface area (Å²) in [5, 5.41) is 0. The molecule has 0 N–H and O–H groups in total. The van der Waals surface area contributed by atoms with Crippen LogP contribution in [0.2, 0.25) is 6.04 Å². The van der Waals surface area contributed by atoms with Crippen LogP contribution >= 0.6 is 0 Å². The molecule has 0 aromatic carbocycles. The number of hydrogen-bond donors (Lipinski definition) is 0. The second kappa shape index (κ2) is 15.7. The van der Waals surface area contributed by atoms with Gasteiger partial charge in [-0.05, 0) is 26.3 Å². The van der Waals surface area contributed by atoms with Gasteiger partial charge in [-0.15, -0.1) is 13.2 Å². The van der Waals surface area contributed by atoms with E-state index in [1.54, 1.807) is 13.8 Å². The minimum absolute atomic E-state index is 0.00849. The normalized spacial score (nSPS) is 13.5. The van der Waals surface area contributed by atoms with Gasteiger partial charge in [0.25, 0.3) is 0 Å². The first-order valence-electron chi connectivity index (χ1n) is 7.18. The molecular formula is C16H28O5Si. The van der Waals surface area contributed by atoms with Gasteiger partial charge in [0.2, 0.25) is 0 Å². The first kappa shape index (κ1) is 22.6. The van der Waals surface area contributed by atoms with Crippen LogP contribution in [0.4, 0.5) is 0 Å². The standard InChI is InChI=1S/C10H14O4.C4H10OSi.C2H4/c1-7(2)9(11)13-5-6-14-10(12)8(3)4;1-2-4-6-5-3-1;1-2/h1,3,5-6H2,2,4H3;1-4,6H2;1-2H2. The Bertz CT molecular complexity index is 322. The summed E-state index contributed by atoms with van der Waals surface area (Å²) in [5.74, 6) is -0.979. The Morgan fingerprint density at radius 1 is 1.00 bits per heavy atom. The minimum atomic E-state index is -0.489. The Morgan fingerprint density at radius 2 is 1.45 bits per heavy atom. The summed E-state index contributed by atoms with van der Waals surface area (Å²) in [4.78, 5) is 21.7. The lowest BCUT2D eigenvalue weighted by Crippen LogP contribution is -2.14. The zero-order chi connectivity index (χ0) is 17.4. The van der Waals surface area contributed by atoms with Gasteiger partial charge in [0.15, 0.2) is 9.76 Å². The van der Waals surface area contributed by atoms with Crippen molar-refractivity contribution in [3.8, 4) is 0 Å².